The molecule has 0 radical (unpaired) electrons. The van der Waals surface area contributed by atoms with Gasteiger partial charge in [-0.2, -0.15) is 0 Å². The second kappa shape index (κ2) is 10.6. The zero-order valence-corrected chi connectivity index (χ0v) is 11.7. The van der Waals surface area contributed by atoms with Crippen LogP contribution in [0.25, 0.3) is 0 Å². The Balaban J connectivity index is 3.72. The number of rotatable bonds is 11. The van der Waals surface area contributed by atoms with Crippen molar-refractivity contribution in [3.8, 4) is 0 Å². The number of unbranched alkanes of at least 4 members (excludes halogenated alkanes) is 5. The van der Waals surface area contributed by atoms with E-state index in [0.29, 0.717) is 6.04 Å². The van der Waals surface area contributed by atoms with E-state index in [-0.39, 0.29) is 6.54 Å². The van der Waals surface area contributed by atoms with Crippen LogP contribution in [0.15, 0.2) is 0 Å². The second-order valence-corrected chi connectivity index (χ2v) is 4.89. The Labute approximate surface area is 106 Å². The maximum Gasteiger partial charge on any atom is 0.317 e. The molecule has 0 rings (SSSR count). The second-order valence-electron chi connectivity index (χ2n) is 4.89. The molecule has 17 heavy (non-hydrogen) atoms. The molecule has 0 fully saturated rings. The summed E-state index contributed by atoms with van der Waals surface area (Å²) in [7, 11) is 0. The Hall–Kier alpha value is -0.570. The fraction of sp³-hybridized carbons (Fsp3) is 0.929. The Morgan fingerprint density at radius 1 is 1.12 bits per heavy atom. The van der Waals surface area contributed by atoms with Gasteiger partial charge in [0.05, 0.1) is 6.54 Å². The highest BCUT2D eigenvalue weighted by Crippen LogP contribution is 2.09. The predicted octanol–water partition coefficient (Wildman–Crippen LogP) is 3.53. The van der Waals surface area contributed by atoms with Crippen LogP contribution in [0.3, 0.4) is 0 Å². The van der Waals surface area contributed by atoms with Crippen LogP contribution in [0.2, 0.25) is 0 Å². The number of nitrogens with zero attached hydrogens (tertiary/aromatic N) is 1. The molecule has 1 N–H and O–H groups in total. The van der Waals surface area contributed by atoms with Crippen molar-refractivity contribution in [2.45, 2.75) is 71.8 Å². The molecule has 3 nitrogen and oxygen atoms in total. The molecule has 1 unspecified atom stereocenters. The minimum absolute atomic E-state index is 0.184. The zero-order valence-electron chi connectivity index (χ0n) is 11.7. The van der Waals surface area contributed by atoms with Crippen LogP contribution in [-0.2, 0) is 4.79 Å². The van der Waals surface area contributed by atoms with E-state index in [1.54, 1.807) is 0 Å². The lowest BCUT2D eigenvalue weighted by molar-refractivity contribution is -0.138. The van der Waals surface area contributed by atoms with E-state index in [1.807, 2.05) is 0 Å². The van der Waals surface area contributed by atoms with Gasteiger partial charge in [0.2, 0.25) is 0 Å². The van der Waals surface area contributed by atoms with Crippen LogP contribution in [-0.4, -0.2) is 35.1 Å². The Kier molecular flexibility index (Phi) is 10.2. The Bertz CT molecular complexity index is 195. The van der Waals surface area contributed by atoms with Gasteiger partial charge in [-0.25, -0.2) is 0 Å². The van der Waals surface area contributed by atoms with Crippen LogP contribution >= 0.6 is 0 Å². The largest absolute Gasteiger partial charge is 0.480 e. The first-order chi connectivity index (χ1) is 8.11. The van der Waals surface area contributed by atoms with Gasteiger partial charge in [0.25, 0.3) is 0 Å². The van der Waals surface area contributed by atoms with Gasteiger partial charge in [0, 0.05) is 6.04 Å². The molecule has 0 spiro atoms. The van der Waals surface area contributed by atoms with Crippen LogP contribution < -0.4 is 0 Å². The summed E-state index contributed by atoms with van der Waals surface area (Å²) in [5.41, 5.74) is 0. The van der Waals surface area contributed by atoms with Gasteiger partial charge < -0.3 is 5.11 Å². The third kappa shape index (κ3) is 9.16. The molecule has 0 aliphatic carbocycles. The molecule has 0 aliphatic rings. The number of hydrogen-bond donors (Lipinski definition) is 1. The molecule has 0 heterocycles. The van der Waals surface area contributed by atoms with E-state index >= 15 is 0 Å². The molecular formula is C14H29NO2. The third-order valence-electron chi connectivity index (χ3n) is 3.35. The molecule has 102 valence electrons. The lowest BCUT2D eigenvalue weighted by atomic mass is 10.1. The van der Waals surface area contributed by atoms with E-state index in [0.717, 1.165) is 19.4 Å². The van der Waals surface area contributed by atoms with Gasteiger partial charge in [0.15, 0.2) is 0 Å². The number of carboxylic acids is 1. The molecular weight excluding hydrogens is 214 g/mol. The molecule has 0 amide bonds. The van der Waals surface area contributed by atoms with Crippen molar-refractivity contribution in [2.75, 3.05) is 13.1 Å². The summed E-state index contributed by atoms with van der Waals surface area (Å²) in [6.45, 7) is 7.55. The van der Waals surface area contributed by atoms with Crippen LogP contribution in [0.1, 0.15) is 65.7 Å². The number of aliphatic carboxylic acids is 1. The average Bonchev–Trinajstić information content (AvgIpc) is 2.30. The molecule has 0 bridgehead atoms. The fourth-order valence-electron chi connectivity index (χ4n) is 1.98. The first-order valence-electron chi connectivity index (χ1n) is 7.07. The summed E-state index contributed by atoms with van der Waals surface area (Å²) in [6.07, 6.45) is 8.58. The summed E-state index contributed by atoms with van der Waals surface area (Å²) in [4.78, 5) is 12.8. The van der Waals surface area contributed by atoms with Crippen molar-refractivity contribution in [1.29, 1.82) is 0 Å². The van der Waals surface area contributed by atoms with Crippen molar-refractivity contribution < 1.29 is 9.90 Å². The highest BCUT2D eigenvalue weighted by Gasteiger charge is 2.14. The minimum Gasteiger partial charge on any atom is -0.480 e. The van der Waals surface area contributed by atoms with Crippen LogP contribution in [0, 0.1) is 0 Å². The molecule has 0 aromatic carbocycles. The van der Waals surface area contributed by atoms with Crippen molar-refractivity contribution >= 4 is 5.97 Å². The highest BCUT2D eigenvalue weighted by atomic mass is 16.4. The van der Waals surface area contributed by atoms with E-state index in [2.05, 4.69) is 25.7 Å². The van der Waals surface area contributed by atoms with Gasteiger partial charge in [-0.3, -0.25) is 9.69 Å². The number of carboxylic acid groups (broad SMARTS) is 1. The first-order valence-corrected chi connectivity index (χ1v) is 7.07. The van der Waals surface area contributed by atoms with E-state index in [1.165, 1.54) is 32.1 Å². The van der Waals surface area contributed by atoms with Gasteiger partial charge in [-0.1, -0.05) is 46.0 Å². The molecule has 0 aromatic rings. The normalized spacial score (nSPS) is 12.9. The van der Waals surface area contributed by atoms with Crippen molar-refractivity contribution in [3.63, 3.8) is 0 Å². The van der Waals surface area contributed by atoms with Gasteiger partial charge >= 0.3 is 5.97 Å². The Morgan fingerprint density at radius 3 is 2.24 bits per heavy atom. The monoisotopic (exact) mass is 243 g/mol. The molecule has 0 aliphatic heterocycles. The zero-order chi connectivity index (χ0) is 13.1. The maximum atomic E-state index is 10.8. The Morgan fingerprint density at radius 2 is 1.71 bits per heavy atom. The summed E-state index contributed by atoms with van der Waals surface area (Å²) in [6, 6.07) is 0.377. The molecule has 0 saturated heterocycles. The standard InChI is InChI=1S/C14H29NO2/c1-4-6-7-8-9-10-11-15(12-14(16)17)13(3)5-2/h13H,4-12H2,1-3H3,(H,16,17). The van der Waals surface area contributed by atoms with Crippen LogP contribution in [0.4, 0.5) is 0 Å². The maximum absolute atomic E-state index is 10.8. The smallest absolute Gasteiger partial charge is 0.317 e. The molecule has 0 aromatic heterocycles. The molecule has 1 atom stereocenters. The van der Waals surface area contributed by atoms with Crippen LogP contribution in [0.5, 0.6) is 0 Å². The lowest BCUT2D eigenvalue weighted by Gasteiger charge is -2.26. The van der Waals surface area contributed by atoms with E-state index in [9.17, 15) is 4.79 Å². The highest BCUT2D eigenvalue weighted by molar-refractivity contribution is 5.69. The average molecular weight is 243 g/mol. The topological polar surface area (TPSA) is 40.5 Å². The molecule has 0 saturated carbocycles. The summed E-state index contributed by atoms with van der Waals surface area (Å²) >= 11 is 0. The number of carbonyl (C=O) groups is 1. The quantitative estimate of drug-likeness (QED) is 0.564. The van der Waals surface area contributed by atoms with Crippen molar-refractivity contribution in [3.05, 3.63) is 0 Å². The lowest BCUT2D eigenvalue weighted by Crippen LogP contribution is -2.37. The van der Waals surface area contributed by atoms with E-state index < -0.39 is 5.97 Å². The fourth-order valence-corrected chi connectivity index (χ4v) is 1.98. The predicted molar refractivity (Wildman–Crippen MR) is 72.3 cm³/mol. The third-order valence-corrected chi connectivity index (χ3v) is 3.35. The number of hydrogen-bond acceptors (Lipinski definition) is 2. The van der Waals surface area contributed by atoms with E-state index in [4.69, 9.17) is 5.11 Å². The molecule has 3 heteroatoms. The minimum atomic E-state index is -0.712. The SMILES string of the molecule is CCCCCCCCN(CC(=O)O)C(C)CC. The first kappa shape index (κ1) is 16.4. The van der Waals surface area contributed by atoms with Gasteiger partial charge in [0.1, 0.15) is 0 Å². The van der Waals surface area contributed by atoms with Crippen molar-refractivity contribution in [1.82, 2.24) is 4.90 Å². The van der Waals surface area contributed by atoms with Gasteiger partial charge in [-0.05, 0) is 26.3 Å². The van der Waals surface area contributed by atoms with Crippen molar-refractivity contribution in [2.24, 2.45) is 0 Å². The summed E-state index contributed by atoms with van der Waals surface area (Å²) in [5.74, 6) is -0.712. The summed E-state index contributed by atoms with van der Waals surface area (Å²) in [5, 5.41) is 8.86. The summed E-state index contributed by atoms with van der Waals surface area (Å²) < 4.78 is 0. The van der Waals surface area contributed by atoms with Gasteiger partial charge in [-0.15, -0.1) is 0 Å².